The molecule has 5 nitrogen and oxygen atoms in total. The van der Waals surface area contributed by atoms with Gasteiger partial charge in [-0.05, 0) is 23.8 Å². The highest BCUT2D eigenvalue weighted by molar-refractivity contribution is 7.90. The lowest BCUT2D eigenvalue weighted by molar-refractivity contribution is 0.0956. The van der Waals surface area contributed by atoms with Crippen LogP contribution in [0.1, 0.15) is 10.4 Å². The van der Waals surface area contributed by atoms with E-state index in [0.717, 1.165) is 17.4 Å². The van der Waals surface area contributed by atoms with Crippen LogP contribution in [0.3, 0.4) is 0 Å². The zero-order chi connectivity index (χ0) is 16.9. The third-order valence-electron chi connectivity index (χ3n) is 3.30. The molecule has 0 aromatic heterocycles. The van der Waals surface area contributed by atoms with E-state index in [1.54, 1.807) is 25.3 Å². The summed E-state index contributed by atoms with van der Waals surface area (Å²) < 4.78 is 27.6. The van der Waals surface area contributed by atoms with Crippen LogP contribution < -0.4 is 10.1 Å². The Hall–Kier alpha value is -2.34. The molecule has 2 rings (SSSR count). The molecule has 0 spiro atoms. The molecule has 1 N–H and O–H groups in total. The average molecular weight is 333 g/mol. The maximum Gasteiger partial charge on any atom is 0.251 e. The Kier molecular flexibility index (Phi) is 5.39. The fourth-order valence-electron chi connectivity index (χ4n) is 2.14. The Morgan fingerprint density at radius 1 is 1.13 bits per heavy atom. The molecule has 0 aliphatic rings. The van der Waals surface area contributed by atoms with Crippen molar-refractivity contribution in [2.45, 2.75) is 0 Å². The minimum absolute atomic E-state index is 0.0829. The van der Waals surface area contributed by atoms with Gasteiger partial charge in [0.25, 0.3) is 5.91 Å². The zero-order valence-corrected chi connectivity index (χ0v) is 13.9. The summed E-state index contributed by atoms with van der Waals surface area (Å²) in [6, 6.07) is 14.7. The maximum absolute atomic E-state index is 12.2. The Labute approximate surface area is 136 Å². The number of carbonyl (C=O) groups excluding carboxylic acids is 1. The van der Waals surface area contributed by atoms with Crippen LogP contribution in [-0.4, -0.2) is 40.0 Å². The quantitative estimate of drug-likeness (QED) is 0.879. The number of amides is 1. The summed E-state index contributed by atoms with van der Waals surface area (Å²) in [5, 5.41) is 2.61. The van der Waals surface area contributed by atoms with Crippen LogP contribution in [0.5, 0.6) is 5.75 Å². The highest BCUT2D eigenvalue weighted by atomic mass is 32.2. The highest BCUT2D eigenvalue weighted by Gasteiger charge is 2.12. The van der Waals surface area contributed by atoms with E-state index in [1.165, 1.54) is 0 Å². The molecule has 122 valence electrons. The largest absolute Gasteiger partial charge is 0.496 e. The van der Waals surface area contributed by atoms with E-state index in [9.17, 15) is 13.2 Å². The Bertz CT molecular complexity index is 785. The molecule has 2 aromatic carbocycles. The lowest BCUT2D eigenvalue weighted by Gasteiger charge is -2.11. The summed E-state index contributed by atoms with van der Waals surface area (Å²) in [5.74, 6) is 0.276. The van der Waals surface area contributed by atoms with Crippen molar-refractivity contribution in [3.63, 3.8) is 0 Å². The summed E-state index contributed by atoms with van der Waals surface area (Å²) in [5.41, 5.74) is 2.21. The lowest BCUT2D eigenvalue weighted by atomic mass is 10.0. The van der Waals surface area contributed by atoms with Crippen LogP contribution >= 0.6 is 0 Å². The van der Waals surface area contributed by atoms with Crippen molar-refractivity contribution in [1.82, 2.24) is 5.32 Å². The van der Waals surface area contributed by atoms with Gasteiger partial charge in [0.05, 0.1) is 12.9 Å². The Balaban J connectivity index is 2.22. The smallest absolute Gasteiger partial charge is 0.251 e. The van der Waals surface area contributed by atoms with Gasteiger partial charge in [-0.25, -0.2) is 8.42 Å². The summed E-state index contributed by atoms with van der Waals surface area (Å²) in [6.45, 7) is 0.0877. The summed E-state index contributed by atoms with van der Waals surface area (Å²) in [6.07, 6.45) is 1.14. The zero-order valence-electron chi connectivity index (χ0n) is 13.1. The van der Waals surface area contributed by atoms with E-state index >= 15 is 0 Å². The van der Waals surface area contributed by atoms with E-state index < -0.39 is 9.84 Å². The third-order valence-corrected chi connectivity index (χ3v) is 4.25. The maximum atomic E-state index is 12.2. The lowest BCUT2D eigenvalue weighted by Crippen LogP contribution is -2.28. The molecule has 2 aromatic rings. The van der Waals surface area contributed by atoms with Crippen LogP contribution in [0.4, 0.5) is 0 Å². The van der Waals surface area contributed by atoms with E-state index in [4.69, 9.17) is 4.74 Å². The Morgan fingerprint density at radius 2 is 1.83 bits per heavy atom. The van der Waals surface area contributed by atoms with Gasteiger partial charge < -0.3 is 10.1 Å². The molecule has 0 atom stereocenters. The van der Waals surface area contributed by atoms with Crippen LogP contribution in [-0.2, 0) is 9.84 Å². The molecular weight excluding hydrogens is 314 g/mol. The number of sulfone groups is 1. The van der Waals surface area contributed by atoms with Crippen LogP contribution in [0, 0.1) is 0 Å². The van der Waals surface area contributed by atoms with Gasteiger partial charge in [-0.2, -0.15) is 0 Å². The van der Waals surface area contributed by atoms with Gasteiger partial charge in [-0.1, -0.05) is 30.3 Å². The molecule has 0 unspecified atom stereocenters. The molecule has 1 amide bonds. The number of rotatable bonds is 6. The van der Waals surface area contributed by atoms with Crippen molar-refractivity contribution < 1.29 is 17.9 Å². The van der Waals surface area contributed by atoms with Crippen molar-refractivity contribution in [3.05, 3.63) is 54.1 Å². The second kappa shape index (κ2) is 7.28. The number of ether oxygens (including phenoxy) is 1. The number of benzene rings is 2. The van der Waals surface area contributed by atoms with E-state index in [2.05, 4.69) is 5.32 Å². The highest BCUT2D eigenvalue weighted by Crippen LogP contribution is 2.30. The average Bonchev–Trinajstić information content (AvgIpc) is 2.53. The molecule has 0 aliphatic carbocycles. The predicted octanol–water partition coefficient (Wildman–Crippen LogP) is 2.14. The van der Waals surface area contributed by atoms with E-state index in [0.29, 0.717) is 11.3 Å². The molecule has 0 aliphatic heterocycles. The first-order chi connectivity index (χ1) is 10.9. The van der Waals surface area contributed by atoms with Crippen LogP contribution in [0.2, 0.25) is 0 Å². The van der Waals surface area contributed by atoms with E-state index in [-0.39, 0.29) is 18.2 Å². The van der Waals surface area contributed by atoms with Gasteiger partial charge >= 0.3 is 0 Å². The van der Waals surface area contributed by atoms with Crippen molar-refractivity contribution in [2.75, 3.05) is 25.7 Å². The van der Waals surface area contributed by atoms with E-state index in [1.807, 2.05) is 30.3 Å². The number of hydrogen-bond donors (Lipinski definition) is 1. The van der Waals surface area contributed by atoms with Gasteiger partial charge in [0.15, 0.2) is 0 Å². The van der Waals surface area contributed by atoms with Crippen LogP contribution in [0.25, 0.3) is 11.1 Å². The molecule has 0 bridgehead atoms. The molecule has 23 heavy (non-hydrogen) atoms. The first-order valence-electron chi connectivity index (χ1n) is 7.10. The standard InChI is InChI=1S/C17H19NO4S/c1-22-16-9-8-14(17(19)18-10-11-23(2,20)21)12-15(16)13-6-4-3-5-7-13/h3-9,12H,10-11H2,1-2H3,(H,18,19). The first kappa shape index (κ1) is 17.0. The summed E-state index contributed by atoms with van der Waals surface area (Å²) >= 11 is 0. The van der Waals surface area contributed by atoms with Crippen LogP contribution in [0.15, 0.2) is 48.5 Å². The molecule has 6 heteroatoms. The molecular formula is C17H19NO4S. The van der Waals surface area contributed by atoms with Crippen molar-refractivity contribution in [1.29, 1.82) is 0 Å². The number of nitrogens with one attached hydrogen (secondary N) is 1. The monoisotopic (exact) mass is 333 g/mol. The van der Waals surface area contributed by atoms with Gasteiger partial charge in [-0.3, -0.25) is 4.79 Å². The molecule has 0 radical (unpaired) electrons. The van der Waals surface area contributed by atoms with Gasteiger partial charge in [-0.15, -0.1) is 0 Å². The van der Waals surface area contributed by atoms with Crippen molar-refractivity contribution in [3.8, 4) is 16.9 Å². The molecule has 0 saturated carbocycles. The van der Waals surface area contributed by atoms with Crippen molar-refractivity contribution in [2.24, 2.45) is 0 Å². The number of hydrogen-bond acceptors (Lipinski definition) is 4. The fraction of sp³-hybridized carbons (Fsp3) is 0.235. The van der Waals surface area contributed by atoms with Crippen molar-refractivity contribution >= 4 is 15.7 Å². The SMILES string of the molecule is COc1ccc(C(=O)NCCS(C)(=O)=O)cc1-c1ccccc1. The summed E-state index contributed by atoms with van der Waals surface area (Å²) in [4.78, 5) is 12.2. The molecule has 0 saturated heterocycles. The topological polar surface area (TPSA) is 72.5 Å². The normalized spacial score (nSPS) is 11.0. The number of methoxy groups -OCH3 is 1. The minimum atomic E-state index is -3.10. The first-order valence-corrected chi connectivity index (χ1v) is 9.16. The minimum Gasteiger partial charge on any atom is -0.496 e. The second-order valence-corrected chi connectivity index (χ2v) is 7.43. The summed E-state index contributed by atoms with van der Waals surface area (Å²) in [7, 11) is -1.52. The predicted molar refractivity (Wildman–Crippen MR) is 90.5 cm³/mol. The van der Waals surface area contributed by atoms with Gasteiger partial charge in [0, 0.05) is 23.9 Å². The van der Waals surface area contributed by atoms with Gasteiger partial charge in [0.2, 0.25) is 0 Å². The molecule has 0 fully saturated rings. The third kappa shape index (κ3) is 4.82. The number of carbonyl (C=O) groups is 1. The second-order valence-electron chi connectivity index (χ2n) is 5.17. The molecule has 0 heterocycles. The Morgan fingerprint density at radius 3 is 2.43 bits per heavy atom. The van der Waals surface area contributed by atoms with Gasteiger partial charge in [0.1, 0.15) is 15.6 Å². The fourth-order valence-corrected chi connectivity index (χ4v) is 2.62.